The standard InChI is InChI=1S/C16H23N3O/c1-10-7-8-15(20-6)14(9-10)11(2)17-16-12(3)18-19(5)13(16)4/h7-9,11,17H,1-6H3. The molecule has 20 heavy (non-hydrogen) atoms. The monoisotopic (exact) mass is 273 g/mol. The van der Waals surface area contributed by atoms with Crippen molar-refractivity contribution in [2.24, 2.45) is 7.05 Å². The van der Waals surface area contributed by atoms with Gasteiger partial charge in [0.2, 0.25) is 0 Å². The van der Waals surface area contributed by atoms with Crippen molar-refractivity contribution >= 4 is 5.69 Å². The normalized spacial score (nSPS) is 12.3. The maximum atomic E-state index is 5.46. The maximum Gasteiger partial charge on any atom is 0.124 e. The molecule has 1 atom stereocenters. The largest absolute Gasteiger partial charge is 0.496 e. The van der Waals surface area contributed by atoms with Gasteiger partial charge in [-0.3, -0.25) is 4.68 Å². The Morgan fingerprint density at radius 1 is 1.25 bits per heavy atom. The summed E-state index contributed by atoms with van der Waals surface area (Å²) in [5, 5.41) is 7.99. The summed E-state index contributed by atoms with van der Waals surface area (Å²) in [6, 6.07) is 6.41. The number of methoxy groups -OCH3 is 1. The van der Waals surface area contributed by atoms with E-state index >= 15 is 0 Å². The van der Waals surface area contributed by atoms with Crippen molar-refractivity contribution in [3.63, 3.8) is 0 Å². The highest BCUT2D eigenvalue weighted by Gasteiger charge is 2.16. The van der Waals surface area contributed by atoms with Crippen LogP contribution >= 0.6 is 0 Å². The van der Waals surface area contributed by atoms with Gasteiger partial charge in [-0.2, -0.15) is 5.10 Å². The lowest BCUT2D eigenvalue weighted by atomic mass is 10.0. The van der Waals surface area contributed by atoms with Gasteiger partial charge in [-0.05, 0) is 33.8 Å². The van der Waals surface area contributed by atoms with Gasteiger partial charge in [0.05, 0.1) is 30.2 Å². The zero-order valence-corrected chi connectivity index (χ0v) is 13.1. The second kappa shape index (κ2) is 5.57. The second-order valence-corrected chi connectivity index (χ2v) is 5.28. The first-order valence-electron chi connectivity index (χ1n) is 6.85. The Kier molecular flexibility index (Phi) is 4.02. The minimum atomic E-state index is 0.159. The summed E-state index contributed by atoms with van der Waals surface area (Å²) in [5.74, 6) is 0.912. The molecule has 0 aliphatic carbocycles. The van der Waals surface area contributed by atoms with Gasteiger partial charge in [0.1, 0.15) is 5.75 Å². The highest BCUT2D eigenvalue weighted by molar-refractivity contribution is 5.54. The third-order valence-corrected chi connectivity index (χ3v) is 3.72. The number of aryl methyl sites for hydroxylation is 3. The number of hydrogen-bond acceptors (Lipinski definition) is 3. The van der Waals surface area contributed by atoms with Crippen LogP contribution in [0.15, 0.2) is 18.2 Å². The van der Waals surface area contributed by atoms with E-state index in [-0.39, 0.29) is 6.04 Å². The van der Waals surface area contributed by atoms with Crippen LogP contribution in [0.3, 0.4) is 0 Å². The van der Waals surface area contributed by atoms with Gasteiger partial charge in [-0.15, -0.1) is 0 Å². The molecule has 0 aliphatic rings. The van der Waals surface area contributed by atoms with E-state index in [1.165, 1.54) is 5.56 Å². The molecule has 0 saturated carbocycles. The molecule has 4 heteroatoms. The van der Waals surface area contributed by atoms with Crippen LogP contribution in [0.1, 0.15) is 35.5 Å². The Morgan fingerprint density at radius 3 is 2.50 bits per heavy atom. The molecule has 0 radical (unpaired) electrons. The molecule has 0 spiro atoms. The Hall–Kier alpha value is -1.97. The summed E-state index contributed by atoms with van der Waals surface area (Å²) in [6.45, 7) is 8.33. The van der Waals surface area contributed by atoms with Crippen molar-refractivity contribution < 1.29 is 4.74 Å². The van der Waals surface area contributed by atoms with Gasteiger partial charge in [0.15, 0.2) is 0 Å². The fourth-order valence-corrected chi connectivity index (χ4v) is 2.47. The first kappa shape index (κ1) is 14.4. The van der Waals surface area contributed by atoms with Gasteiger partial charge in [0, 0.05) is 12.6 Å². The van der Waals surface area contributed by atoms with Crippen molar-refractivity contribution in [2.45, 2.75) is 33.7 Å². The lowest BCUT2D eigenvalue weighted by molar-refractivity contribution is 0.408. The molecule has 0 saturated heterocycles. The fourth-order valence-electron chi connectivity index (χ4n) is 2.47. The molecule has 4 nitrogen and oxygen atoms in total. The van der Waals surface area contributed by atoms with E-state index in [0.29, 0.717) is 0 Å². The highest BCUT2D eigenvalue weighted by Crippen LogP contribution is 2.30. The summed E-state index contributed by atoms with van der Waals surface area (Å²) in [5.41, 5.74) is 5.65. The Labute approximate surface area is 120 Å². The lowest BCUT2D eigenvalue weighted by Crippen LogP contribution is -2.10. The number of nitrogens with zero attached hydrogens (tertiary/aromatic N) is 2. The van der Waals surface area contributed by atoms with Crippen LogP contribution in [-0.2, 0) is 7.05 Å². The maximum absolute atomic E-state index is 5.46. The second-order valence-electron chi connectivity index (χ2n) is 5.28. The molecule has 0 amide bonds. The van der Waals surface area contributed by atoms with Crippen LogP contribution in [-0.4, -0.2) is 16.9 Å². The molecule has 1 heterocycles. The van der Waals surface area contributed by atoms with Crippen molar-refractivity contribution in [3.8, 4) is 5.75 Å². The van der Waals surface area contributed by atoms with Crippen molar-refractivity contribution in [2.75, 3.05) is 12.4 Å². The van der Waals surface area contributed by atoms with Crippen LogP contribution in [0.25, 0.3) is 0 Å². The molecule has 0 fully saturated rings. The van der Waals surface area contributed by atoms with Crippen LogP contribution in [0.4, 0.5) is 5.69 Å². The quantitative estimate of drug-likeness (QED) is 0.926. The van der Waals surface area contributed by atoms with Gasteiger partial charge in [-0.1, -0.05) is 17.7 Å². The van der Waals surface area contributed by atoms with E-state index in [0.717, 1.165) is 28.4 Å². The molecule has 1 aromatic heterocycles. The first-order valence-corrected chi connectivity index (χ1v) is 6.85. The molecular weight excluding hydrogens is 250 g/mol. The van der Waals surface area contributed by atoms with Crippen molar-refractivity contribution in [1.29, 1.82) is 0 Å². The van der Waals surface area contributed by atoms with Gasteiger partial charge < -0.3 is 10.1 Å². The van der Waals surface area contributed by atoms with Gasteiger partial charge in [0.25, 0.3) is 0 Å². The van der Waals surface area contributed by atoms with E-state index in [4.69, 9.17) is 4.74 Å². The molecule has 1 N–H and O–H groups in total. The third-order valence-electron chi connectivity index (χ3n) is 3.72. The van der Waals surface area contributed by atoms with Gasteiger partial charge >= 0.3 is 0 Å². The predicted molar refractivity (Wildman–Crippen MR) is 82.5 cm³/mol. The summed E-state index contributed by atoms with van der Waals surface area (Å²) in [4.78, 5) is 0. The Balaban J connectivity index is 2.32. The molecule has 2 rings (SSSR count). The number of hydrogen-bond donors (Lipinski definition) is 1. The van der Waals surface area contributed by atoms with Crippen LogP contribution in [0.5, 0.6) is 5.75 Å². The minimum Gasteiger partial charge on any atom is -0.496 e. The smallest absolute Gasteiger partial charge is 0.124 e. The topological polar surface area (TPSA) is 39.1 Å². The average molecular weight is 273 g/mol. The fraction of sp³-hybridized carbons (Fsp3) is 0.438. The SMILES string of the molecule is COc1ccc(C)cc1C(C)Nc1c(C)nn(C)c1C. The predicted octanol–water partition coefficient (Wildman–Crippen LogP) is 3.53. The number of ether oxygens (including phenoxy) is 1. The number of rotatable bonds is 4. The third kappa shape index (κ3) is 2.64. The number of benzene rings is 1. The number of nitrogens with one attached hydrogen (secondary N) is 1. The average Bonchev–Trinajstić information content (AvgIpc) is 2.65. The van der Waals surface area contributed by atoms with E-state index in [1.54, 1.807) is 7.11 Å². The van der Waals surface area contributed by atoms with Gasteiger partial charge in [-0.25, -0.2) is 0 Å². The van der Waals surface area contributed by atoms with E-state index in [1.807, 2.05) is 24.7 Å². The molecule has 1 unspecified atom stereocenters. The van der Waals surface area contributed by atoms with Crippen LogP contribution in [0, 0.1) is 20.8 Å². The Bertz CT molecular complexity index is 616. The van der Waals surface area contributed by atoms with Crippen molar-refractivity contribution in [3.05, 3.63) is 40.7 Å². The molecule has 108 valence electrons. The van der Waals surface area contributed by atoms with E-state index < -0.39 is 0 Å². The zero-order chi connectivity index (χ0) is 14.9. The zero-order valence-electron chi connectivity index (χ0n) is 13.1. The lowest BCUT2D eigenvalue weighted by Gasteiger charge is -2.19. The minimum absolute atomic E-state index is 0.159. The molecule has 1 aromatic carbocycles. The first-order chi connectivity index (χ1) is 9.43. The molecule has 0 aliphatic heterocycles. The summed E-state index contributed by atoms with van der Waals surface area (Å²) in [6.07, 6.45) is 0. The summed E-state index contributed by atoms with van der Waals surface area (Å²) in [7, 11) is 3.67. The van der Waals surface area contributed by atoms with Crippen molar-refractivity contribution in [1.82, 2.24) is 9.78 Å². The Morgan fingerprint density at radius 2 is 1.95 bits per heavy atom. The van der Waals surface area contributed by atoms with E-state index in [2.05, 4.69) is 43.3 Å². The van der Waals surface area contributed by atoms with E-state index in [9.17, 15) is 0 Å². The molecule has 0 bridgehead atoms. The number of anilines is 1. The number of aromatic nitrogens is 2. The highest BCUT2D eigenvalue weighted by atomic mass is 16.5. The molecular formula is C16H23N3O. The molecule has 2 aromatic rings. The van der Waals surface area contributed by atoms with Crippen LogP contribution < -0.4 is 10.1 Å². The summed E-state index contributed by atoms with van der Waals surface area (Å²) < 4.78 is 7.36. The van der Waals surface area contributed by atoms with Crippen LogP contribution in [0.2, 0.25) is 0 Å². The summed E-state index contributed by atoms with van der Waals surface area (Å²) >= 11 is 0.